The largest absolute Gasteiger partial charge is 0.314 e. The van der Waals surface area contributed by atoms with E-state index in [4.69, 9.17) is 0 Å². The minimum absolute atomic E-state index is 0.789. The third-order valence-electron chi connectivity index (χ3n) is 2.56. The lowest BCUT2D eigenvalue weighted by Crippen LogP contribution is -2.32. The van der Waals surface area contributed by atoms with Crippen molar-refractivity contribution < 1.29 is 0 Å². The lowest BCUT2D eigenvalue weighted by atomic mass is 10.1. The summed E-state index contributed by atoms with van der Waals surface area (Å²) in [4.78, 5) is 2.43. The van der Waals surface area contributed by atoms with E-state index in [0.717, 1.165) is 12.0 Å². The van der Waals surface area contributed by atoms with Crippen molar-refractivity contribution in [3.8, 4) is 0 Å². The van der Waals surface area contributed by atoms with Crippen molar-refractivity contribution in [3.63, 3.8) is 0 Å². The molecule has 78 valence electrons. The zero-order chi connectivity index (χ0) is 9.68. The van der Waals surface area contributed by atoms with Gasteiger partial charge in [0.2, 0.25) is 0 Å². The van der Waals surface area contributed by atoms with Gasteiger partial charge in [0.15, 0.2) is 0 Å². The average Bonchev–Trinajstić information content (AvgIpc) is 2.84. The molecule has 0 aromatic rings. The maximum Gasteiger partial charge on any atom is 0.00683 e. The normalized spacial score (nSPS) is 19.4. The molecule has 0 aromatic heterocycles. The van der Waals surface area contributed by atoms with E-state index in [2.05, 4.69) is 31.1 Å². The predicted octanol–water partition coefficient (Wildman–Crippen LogP) is 1.72. The number of hydrogen-bond donors (Lipinski definition) is 1. The van der Waals surface area contributed by atoms with Gasteiger partial charge < -0.3 is 10.2 Å². The van der Waals surface area contributed by atoms with Crippen molar-refractivity contribution in [3.05, 3.63) is 0 Å². The molecule has 0 amide bonds. The van der Waals surface area contributed by atoms with Gasteiger partial charge in [0.25, 0.3) is 0 Å². The summed E-state index contributed by atoms with van der Waals surface area (Å²) in [6, 6.07) is 0.860. The second-order valence-corrected chi connectivity index (χ2v) is 4.55. The first-order chi connectivity index (χ1) is 6.22. The van der Waals surface area contributed by atoms with E-state index >= 15 is 0 Å². The van der Waals surface area contributed by atoms with Crippen LogP contribution in [-0.4, -0.2) is 37.6 Å². The SMILES string of the molecule is CCCN(C)CC(C)CNC1CC1. The molecule has 1 aliphatic rings. The van der Waals surface area contributed by atoms with Gasteiger partial charge >= 0.3 is 0 Å². The summed E-state index contributed by atoms with van der Waals surface area (Å²) in [5, 5.41) is 3.58. The fourth-order valence-corrected chi connectivity index (χ4v) is 1.72. The highest BCUT2D eigenvalue weighted by atomic mass is 15.1. The number of nitrogens with zero attached hydrogens (tertiary/aromatic N) is 1. The molecule has 1 unspecified atom stereocenters. The van der Waals surface area contributed by atoms with Crippen LogP contribution in [-0.2, 0) is 0 Å². The van der Waals surface area contributed by atoms with Crippen molar-refractivity contribution in [2.24, 2.45) is 5.92 Å². The summed E-state index contributed by atoms with van der Waals surface area (Å²) in [7, 11) is 2.22. The third-order valence-corrected chi connectivity index (χ3v) is 2.56. The second-order valence-electron chi connectivity index (χ2n) is 4.55. The minimum Gasteiger partial charge on any atom is -0.314 e. The Labute approximate surface area is 82.7 Å². The van der Waals surface area contributed by atoms with Crippen molar-refractivity contribution in [2.75, 3.05) is 26.7 Å². The van der Waals surface area contributed by atoms with E-state index in [1.165, 1.54) is 38.9 Å². The van der Waals surface area contributed by atoms with Gasteiger partial charge in [-0.05, 0) is 45.3 Å². The van der Waals surface area contributed by atoms with Crippen LogP contribution in [0.15, 0.2) is 0 Å². The van der Waals surface area contributed by atoms with Crippen molar-refractivity contribution in [1.82, 2.24) is 10.2 Å². The van der Waals surface area contributed by atoms with Gasteiger partial charge in [-0.1, -0.05) is 13.8 Å². The van der Waals surface area contributed by atoms with Crippen LogP contribution < -0.4 is 5.32 Å². The topological polar surface area (TPSA) is 15.3 Å². The van der Waals surface area contributed by atoms with E-state index < -0.39 is 0 Å². The summed E-state index contributed by atoms with van der Waals surface area (Å²) in [6.45, 7) is 8.23. The van der Waals surface area contributed by atoms with Gasteiger partial charge in [0.1, 0.15) is 0 Å². The van der Waals surface area contributed by atoms with E-state index in [-0.39, 0.29) is 0 Å². The summed E-state index contributed by atoms with van der Waals surface area (Å²) < 4.78 is 0. The van der Waals surface area contributed by atoms with E-state index in [1.807, 2.05) is 0 Å². The minimum atomic E-state index is 0.789. The van der Waals surface area contributed by atoms with Gasteiger partial charge in [-0.25, -0.2) is 0 Å². The van der Waals surface area contributed by atoms with Crippen molar-refractivity contribution >= 4 is 0 Å². The highest BCUT2D eigenvalue weighted by Gasteiger charge is 2.20. The fraction of sp³-hybridized carbons (Fsp3) is 1.00. The van der Waals surface area contributed by atoms with Crippen LogP contribution in [0.1, 0.15) is 33.1 Å². The molecule has 2 heteroatoms. The molecule has 0 aromatic carbocycles. The molecular weight excluding hydrogens is 160 g/mol. The van der Waals surface area contributed by atoms with Gasteiger partial charge in [0.05, 0.1) is 0 Å². The molecule has 0 bridgehead atoms. The first kappa shape index (κ1) is 11.0. The molecule has 1 aliphatic carbocycles. The van der Waals surface area contributed by atoms with E-state index in [1.54, 1.807) is 0 Å². The van der Waals surface area contributed by atoms with Crippen LogP contribution in [0.3, 0.4) is 0 Å². The van der Waals surface area contributed by atoms with Crippen LogP contribution >= 0.6 is 0 Å². The standard InChI is InChI=1S/C11H24N2/c1-4-7-13(3)9-10(2)8-12-11-5-6-11/h10-12H,4-9H2,1-3H3. The summed E-state index contributed by atoms with van der Waals surface area (Å²) in [5.74, 6) is 0.789. The number of hydrogen-bond acceptors (Lipinski definition) is 2. The van der Waals surface area contributed by atoms with Crippen LogP contribution in [0.25, 0.3) is 0 Å². The summed E-state index contributed by atoms with van der Waals surface area (Å²) >= 11 is 0. The molecule has 0 radical (unpaired) electrons. The van der Waals surface area contributed by atoms with Crippen LogP contribution in [0.4, 0.5) is 0 Å². The highest BCUT2D eigenvalue weighted by Crippen LogP contribution is 2.18. The van der Waals surface area contributed by atoms with Gasteiger partial charge in [-0.15, -0.1) is 0 Å². The van der Waals surface area contributed by atoms with Crippen LogP contribution in [0.2, 0.25) is 0 Å². The number of rotatable bonds is 7. The highest BCUT2D eigenvalue weighted by molar-refractivity contribution is 4.81. The first-order valence-electron chi connectivity index (χ1n) is 5.64. The smallest absolute Gasteiger partial charge is 0.00683 e. The Kier molecular flexibility index (Phi) is 4.74. The molecule has 13 heavy (non-hydrogen) atoms. The Morgan fingerprint density at radius 2 is 2.15 bits per heavy atom. The third kappa shape index (κ3) is 5.27. The van der Waals surface area contributed by atoms with E-state index in [9.17, 15) is 0 Å². The molecule has 1 rings (SSSR count). The molecule has 0 spiro atoms. The second kappa shape index (κ2) is 5.61. The molecular formula is C11H24N2. The Balaban J connectivity index is 1.97. The molecule has 0 aliphatic heterocycles. The van der Waals surface area contributed by atoms with Gasteiger partial charge in [0, 0.05) is 12.6 Å². The molecule has 1 N–H and O–H groups in total. The van der Waals surface area contributed by atoms with E-state index in [0.29, 0.717) is 0 Å². The Hall–Kier alpha value is -0.0800. The van der Waals surface area contributed by atoms with Crippen LogP contribution in [0, 0.1) is 5.92 Å². The Morgan fingerprint density at radius 1 is 1.46 bits per heavy atom. The predicted molar refractivity (Wildman–Crippen MR) is 58.0 cm³/mol. The maximum atomic E-state index is 3.58. The summed E-state index contributed by atoms with van der Waals surface area (Å²) in [5.41, 5.74) is 0. The lowest BCUT2D eigenvalue weighted by Gasteiger charge is -2.20. The molecule has 0 heterocycles. The average molecular weight is 184 g/mol. The van der Waals surface area contributed by atoms with Crippen LogP contribution in [0.5, 0.6) is 0 Å². The first-order valence-corrected chi connectivity index (χ1v) is 5.64. The molecule has 1 atom stereocenters. The van der Waals surface area contributed by atoms with Crippen molar-refractivity contribution in [1.29, 1.82) is 0 Å². The lowest BCUT2D eigenvalue weighted by molar-refractivity contribution is 0.281. The van der Waals surface area contributed by atoms with Gasteiger partial charge in [-0.2, -0.15) is 0 Å². The monoisotopic (exact) mass is 184 g/mol. The summed E-state index contributed by atoms with van der Waals surface area (Å²) in [6.07, 6.45) is 4.06. The number of nitrogens with one attached hydrogen (secondary N) is 1. The zero-order valence-electron chi connectivity index (χ0n) is 9.34. The fourth-order valence-electron chi connectivity index (χ4n) is 1.72. The molecule has 2 nitrogen and oxygen atoms in total. The Bertz CT molecular complexity index is 132. The zero-order valence-corrected chi connectivity index (χ0v) is 9.34. The molecule has 0 saturated heterocycles. The molecule has 1 fully saturated rings. The van der Waals surface area contributed by atoms with Gasteiger partial charge in [-0.3, -0.25) is 0 Å². The maximum absolute atomic E-state index is 3.58. The Morgan fingerprint density at radius 3 is 2.69 bits per heavy atom. The molecule has 1 saturated carbocycles. The quantitative estimate of drug-likeness (QED) is 0.648. The van der Waals surface area contributed by atoms with Crippen molar-refractivity contribution in [2.45, 2.75) is 39.2 Å².